The fraction of sp³-hybridized carbons (Fsp3) is 0.524. The zero-order valence-electron chi connectivity index (χ0n) is 15.6. The van der Waals surface area contributed by atoms with E-state index in [1.165, 1.54) is 0 Å². The summed E-state index contributed by atoms with van der Waals surface area (Å²) in [6.07, 6.45) is 3.08. The van der Waals surface area contributed by atoms with Gasteiger partial charge < -0.3 is 9.26 Å². The number of benzene rings is 1. The van der Waals surface area contributed by atoms with E-state index in [1.807, 2.05) is 57.2 Å². The molecule has 5 nitrogen and oxygen atoms in total. The average Bonchev–Trinajstić information content (AvgIpc) is 3.30. The lowest BCUT2D eigenvalue weighted by Gasteiger charge is -2.26. The number of nitrogens with zero attached hydrogens (tertiary/aromatic N) is 2. The van der Waals surface area contributed by atoms with Crippen LogP contribution in [-0.2, 0) is 16.1 Å². The van der Waals surface area contributed by atoms with E-state index < -0.39 is 5.60 Å². The highest BCUT2D eigenvalue weighted by molar-refractivity contribution is 5.74. The zero-order valence-corrected chi connectivity index (χ0v) is 15.6. The van der Waals surface area contributed by atoms with Gasteiger partial charge in [-0.25, -0.2) is 0 Å². The molecule has 0 unspecified atom stereocenters. The van der Waals surface area contributed by atoms with E-state index in [4.69, 9.17) is 9.26 Å². The van der Waals surface area contributed by atoms with Crippen LogP contribution in [0.15, 0.2) is 40.9 Å². The van der Waals surface area contributed by atoms with Crippen molar-refractivity contribution in [2.75, 3.05) is 0 Å². The van der Waals surface area contributed by atoms with Crippen molar-refractivity contribution < 1.29 is 14.1 Å². The van der Waals surface area contributed by atoms with Crippen LogP contribution < -0.4 is 0 Å². The van der Waals surface area contributed by atoms with Crippen molar-refractivity contribution in [3.05, 3.63) is 42.2 Å². The van der Waals surface area contributed by atoms with E-state index in [9.17, 15) is 4.79 Å². The molecule has 3 atom stereocenters. The van der Waals surface area contributed by atoms with Crippen molar-refractivity contribution in [1.29, 1.82) is 0 Å². The van der Waals surface area contributed by atoms with E-state index >= 15 is 0 Å². The second-order valence-electron chi connectivity index (χ2n) is 8.39. The molecular formula is C21H26N2O3. The number of carbonyl (C=O) groups excluding carboxylic acids is 1. The topological polar surface area (TPSA) is 55.6 Å². The van der Waals surface area contributed by atoms with Crippen LogP contribution in [0.1, 0.15) is 45.8 Å². The molecule has 26 heavy (non-hydrogen) atoms. The molecule has 4 rings (SSSR count). The van der Waals surface area contributed by atoms with Crippen molar-refractivity contribution >= 4 is 5.97 Å². The Morgan fingerprint density at radius 1 is 1.27 bits per heavy atom. The molecule has 2 fully saturated rings. The number of ether oxygens (including phenoxy) is 1. The van der Waals surface area contributed by atoms with Gasteiger partial charge in [0.25, 0.3) is 0 Å². The Morgan fingerprint density at radius 2 is 2.04 bits per heavy atom. The minimum atomic E-state index is -0.431. The van der Waals surface area contributed by atoms with Gasteiger partial charge in [-0.05, 0) is 40.0 Å². The first kappa shape index (κ1) is 17.3. The molecule has 0 aliphatic carbocycles. The molecule has 1 aromatic carbocycles. The predicted molar refractivity (Wildman–Crippen MR) is 98.2 cm³/mol. The molecule has 2 bridgehead atoms. The Labute approximate surface area is 154 Å². The fourth-order valence-electron chi connectivity index (χ4n) is 4.29. The highest BCUT2D eigenvalue weighted by Gasteiger charge is 2.50. The van der Waals surface area contributed by atoms with Gasteiger partial charge in [0.05, 0.1) is 12.5 Å². The van der Waals surface area contributed by atoms with E-state index in [0.717, 1.165) is 36.3 Å². The summed E-state index contributed by atoms with van der Waals surface area (Å²) in [4.78, 5) is 15.0. The Balaban J connectivity index is 1.45. The summed E-state index contributed by atoms with van der Waals surface area (Å²) in [6.45, 7) is 6.48. The van der Waals surface area contributed by atoms with Gasteiger partial charge in [0.15, 0.2) is 5.76 Å². The van der Waals surface area contributed by atoms with Gasteiger partial charge in [-0.3, -0.25) is 9.69 Å². The third kappa shape index (κ3) is 3.40. The normalized spacial score (nSPS) is 25.6. The van der Waals surface area contributed by atoms with Crippen LogP contribution in [0, 0.1) is 5.92 Å². The van der Waals surface area contributed by atoms with Crippen LogP contribution in [0.4, 0.5) is 0 Å². The SMILES string of the molecule is CC(C)(C)OC(=O)[C@H]1C[C@H]2CC[C@H]1N2Cc1cc(-c2ccccc2)no1. The van der Waals surface area contributed by atoms with Gasteiger partial charge in [-0.2, -0.15) is 0 Å². The third-order valence-corrected chi connectivity index (χ3v) is 5.36. The Kier molecular flexibility index (Phi) is 4.35. The number of hydrogen-bond donors (Lipinski definition) is 0. The van der Waals surface area contributed by atoms with Gasteiger partial charge in [0, 0.05) is 23.7 Å². The Morgan fingerprint density at radius 3 is 2.77 bits per heavy atom. The van der Waals surface area contributed by atoms with Gasteiger partial charge in [-0.15, -0.1) is 0 Å². The highest BCUT2D eigenvalue weighted by atomic mass is 16.6. The van der Waals surface area contributed by atoms with E-state index in [2.05, 4.69) is 10.1 Å². The largest absolute Gasteiger partial charge is 0.460 e. The lowest BCUT2D eigenvalue weighted by Crippen LogP contribution is -2.36. The zero-order chi connectivity index (χ0) is 18.3. The summed E-state index contributed by atoms with van der Waals surface area (Å²) in [5, 5.41) is 4.21. The molecule has 2 aliphatic rings. The molecule has 2 aliphatic heterocycles. The third-order valence-electron chi connectivity index (χ3n) is 5.36. The molecular weight excluding hydrogens is 328 g/mol. The van der Waals surface area contributed by atoms with E-state index in [-0.39, 0.29) is 17.9 Å². The average molecular weight is 354 g/mol. The molecule has 1 aromatic heterocycles. The molecule has 0 saturated carbocycles. The Bertz CT molecular complexity index is 778. The summed E-state index contributed by atoms with van der Waals surface area (Å²) in [7, 11) is 0. The highest BCUT2D eigenvalue weighted by Crippen LogP contribution is 2.43. The van der Waals surface area contributed by atoms with Crippen molar-refractivity contribution in [2.45, 2.75) is 64.3 Å². The van der Waals surface area contributed by atoms with Gasteiger partial charge in [0.1, 0.15) is 11.3 Å². The predicted octanol–water partition coefficient (Wildman–Crippen LogP) is 4.04. The number of carbonyl (C=O) groups is 1. The molecule has 3 heterocycles. The second-order valence-corrected chi connectivity index (χ2v) is 8.39. The molecule has 5 heteroatoms. The fourth-order valence-corrected chi connectivity index (χ4v) is 4.29. The molecule has 0 amide bonds. The van der Waals surface area contributed by atoms with Gasteiger partial charge in [0.2, 0.25) is 0 Å². The van der Waals surface area contributed by atoms with Crippen LogP contribution in [0.25, 0.3) is 11.3 Å². The monoisotopic (exact) mass is 354 g/mol. The second kappa shape index (κ2) is 6.54. The molecule has 0 N–H and O–H groups in total. The molecule has 138 valence electrons. The van der Waals surface area contributed by atoms with Gasteiger partial charge >= 0.3 is 5.97 Å². The van der Waals surface area contributed by atoms with Crippen LogP contribution >= 0.6 is 0 Å². The van der Waals surface area contributed by atoms with Crippen LogP contribution in [-0.4, -0.2) is 33.7 Å². The number of aromatic nitrogens is 1. The van der Waals surface area contributed by atoms with Crippen molar-refractivity contribution in [3.63, 3.8) is 0 Å². The van der Waals surface area contributed by atoms with Crippen molar-refractivity contribution in [3.8, 4) is 11.3 Å². The molecule has 0 radical (unpaired) electrons. The molecule has 2 saturated heterocycles. The number of esters is 1. The summed E-state index contributed by atoms with van der Waals surface area (Å²) < 4.78 is 11.2. The maximum Gasteiger partial charge on any atom is 0.311 e. The standard InChI is InChI=1S/C21H26N2O3/c1-21(2,3)25-20(24)17-11-15-9-10-19(17)23(15)13-16-12-18(22-26-16)14-7-5-4-6-8-14/h4-8,12,15,17,19H,9-11,13H2,1-3H3/t15-,17+,19-/m1/s1. The van der Waals surface area contributed by atoms with Crippen molar-refractivity contribution in [2.24, 2.45) is 5.92 Å². The quantitative estimate of drug-likeness (QED) is 0.776. The number of fused-ring (bicyclic) bond motifs is 2. The number of rotatable bonds is 4. The van der Waals surface area contributed by atoms with Gasteiger partial charge in [-0.1, -0.05) is 35.5 Å². The lowest BCUT2D eigenvalue weighted by atomic mass is 9.89. The Hall–Kier alpha value is -2.14. The molecule has 0 spiro atoms. The summed E-state index contributed by atoms with van der Waals surface area (Å²) in [6, 6.07) is 12.7. The first-order valence-electron chi connectivity index (χ1n) is 9.40. The van der Waals surface area contributed by atoms with E-state index in [1.54, 1.807) is 0 Å². The van der Waals surface area contributed by atoms with E-state index in [0.29, 0.717) is 12.6 Å². The maximum absolute atomic E-state index is 12.6. The smallest absolute Gasteiger partial charge is 0.311 e. The minimum absolute atomic E-state index is 0.0236. The first-order chi connectivity index (χ1) is 12.4. The summed E-state index contributed by atoms with van der Waals surface area (Å²) >= 11 is 0. The number of hydrogen-bond acceptors (Lipinski definition) is 5. The maximum atomic E-state index is 12.6. The lowest BCUT2D eigenvalue weighted by molar-refractivity contribution is -0.161. The van der Waals surface area contributed by atoms with Crippen molar-refractivity contribution in [1.82, 2.24) is 10.1 Å². The molecule has 2 aromatic rings. The summed E-state index contributed by atoms with van der Waals surface area (Å²) in [5.41, 5.74) is 1.48. The summed E-state index contributed by atoms with van der Waals surface area (Å²) in [5.74, 6) is 0.771. The van der Waals surface area contributed by atoms with Crippen LogP contribution in [0.3, 0.4) is 0 Å². The first-order valence-corrected chi connectivity index (χ1v) is 9.40. The minimum Gasteiger partial charge on any atom is -0.460 e. The van der Waals surface area contributed by atoms with Crippen LogP contribution in [0.2, 0.25) is 0 Å². The van der Waals surface area contributed by atoms with Crippen LogP contribution in [0.5, 0.6) is 0 Å².